The Morgan fingerprint density at radius 3 is 1.95 bits per heavy atom. The minimum atomic E-state index is -1.54. The molecule has 0 saturated carbocycles. The largest absolute Gasteiger partial charge is 0.480 e. The molecule has 0 aromatic carbocycles. The summed E-state index contributed by atoms with van der Waals surface area (Å²) in [7, 11) is 0. The molecule has 0 rings (SSSR count). The lowest BCUT2D eigenvalue weighted by Crippen LogP contribution is -2.60. The average Bonchev–Trinajstić information content (AvgIpc) is 2.79. The normalized spacial score (nSPS) is 14.9. The van der Waals surface area contributed by atoms with Crippen LogP contribution in [0.4, 0.5) is 0 Å². The van der Waals surface area contributed by atoms with Gasteiger partial charge in [0.1, 0.15) is 24.7 Å². The van der Waals surface area contributed by atoms with Gasteiger partial charge in [-0.05, 0) is 32.1 Å². The van der Waals surface area contributed by atoms with Gasteiger partial charge in [0.25, 0.3) is 0 Å². The first kappa shape index (κ1) is 33.5. The second-order valence-corrected chi connectivity index (χ2v) is 8.83. The fraction of sp³-hybridized carbons (Fsp3) is 0.714. The molecule has 13 N–H and O–H groups in total. The van der Waals surface area contributed by atoms with E-state index in [-0.39, 0.29) is 31.3 Å². The van der Waals surface area contributed by atoms with Crippen molar-refractivity contribution in [2.75, 3.05) is 19.7 Å². The van der Waals surface area contributed by atoms with E-state index in [4.69, 9.17) is 22.3 Å². The molecular formula is C21H40N8O8. The first-order chi connectivity index (χ1) is 17.2. The minimum Gasteiger partial charge on any atom is -0.480 e. The van der Waals surface area contributed by atoms with Gasteiger partial charge in [0.2, 0.25) is 23.6 Å². The number of guanidine groups is 1. The molecule has 0 spiro atoms. The van der Waals surface area contributed by atoms with Gasteiger partial charge in [0.15, 0.2) is 5.96 Å². The Hall–Kier alpha value is -3.50. The van der Waals surface area contributed by atoms with Gasteiger partial charge >= 0.3 is 5.97 Å². The van der Waals surface area contributed by atoms with Gasteiger partial charge in [-0.15, -0.1) is 0 Å². The summed E-state index contributed by atoms with van der Waals surface area (Å²) in [5.74, 6) is -4.84. The second-order valence-electron chi connectivity index (χ2n) is 8.83. The van der Waals surface area contributed by atoms with Crippen LogP contribution in [0.5, 0.6) is 0 Å². The number of hydrogen-bond acceptors (Lipinski definition) is 9. The Bertz CT molecular complexity index is 816. The van der Waals surface area contributed by atoms with Crippen molar-refractivity contribution >= 4 is 35.6 Å². The highest BCUT2D eigenvalue weighted by Crippen LogP contribution is 2.05. The zero-order valence-electron chi connectivity index (χ0n) is 21.3. The summed E-state index contributed by atoms with van der Waals surface area (Å²) >= 11 is 0. The van der Waals surface area contributed by atoms with Crippen LogP contribution in [-0.4, -0.2) is 101 Å². The van der Waals surface area contributed by atoms with Crippen LogP contribution in [-0.2, 0) is 24.0 Å². The molecule has 4 amide bonds. The summed E-state index contributed by atoms with van der Waals surface area (Å²) in [5.41, 5.74) is 16.4. The van der Waals surface area contributed by atoms with E-state index in [0.717, 1.165) is 0 Å². The topological polar surface area (TPSA) is 285 Å². The zero-order chi connectivity index (χ0) is 28.7. The van der Waals surface area contributed by atoms with E-state index >= 15 is 0 Å². The maximum absolute atomic E-state index is 12.9. The van der Waals surface area contributed by atoms with Gasteiger partial charge in [0, 0.05) is 6.54 Å². The number of rotatable bonds is 17. The number of carbonyl (C=O) groups is 5. The van der Waals surface area contributed by atoms with Crippen LogP contribution in [0.2, 0.25) is 0 Å². The molecule has 212 valence electrons. The summed E-state index contributed by atoms with van der Waals surface area (Å²) < 4.78 is 0. The molecule has 0 bridgehead atoms. The SMILES string of the molecule is CC(C)C[C@H](N)C(=O)N[C@@H](CO)C(=O)N[C@@H](CCCN=C(N)N)C(=O)N[C@H](C(=O)NCC(=O)O)[C@@H](C)O. The van der Waals surface area contributed by atoms with Crippen LogP contribution in [0, 0.1) is 5.92 Å². The van der Waals surface area contributed by atoms with Crippen molar-refractivity contribution in [2.45, 2.75) is 70.3 Å². The molecule has 37 heavy (non-hydrogen) atoms. The Morgan fingerprint density at radius 2 is 1.46 bits per heavy atom. The van der Waals surface area contributed by atoms with Crippen molar-refractivity contribution < 1.29 is 39.3 Å². The molecular weight excluding hydrogens is 492 g/mol. The molecule has 0 fully saturated rings. The van der Waals surface area contributed by atoms with Gasteiger partial charge in [0.05, 0.1) is 18.8 Å². The maximum Gasteiger partial charge on any atom is 0.322 e. The summed E-state index contributed by atoms with van der Waals surface area (Å²) in [6, 6.07) is -5.18. The fourth-order valence-corrected chi connectivity index (χ4v) is 3.06. The van der Waals surface area contributed by atoms with Crippen molar-refractivity contribution in [2.24, 2.45) is 28.1 Å². The van der Waals surface area contributed by atoms with Crippen molar-refractivity contribution in [3.8, 4) is 0 Å². The third kappa shape index (κ3) is 14.0. The summed E-state index contributed by atoms with van der Waals surface area (Å²) in [6.07, 6.45) is -0.901. The number of aliphatic imine (C=N–C) groups is 1. The lowest BCUT2D eigenvalue weighted by Gasteiger charge is -2.26. The number of nitrogens with zero attached hydrogens (tertiary/aromatic N) is 1. The molecule has 5 atom stereocenters. The monoisotopic (exact) mass is 532 g/mol. The van der Waals surface area contributed by atoms with Crippen molar-refractivity contribution in [1.29, 1.82) is 0 Å². The van der Waals surface area contributed by atoms with Crippen molar-refractivity contribution in [3.05, 3.63) is 0 Å². The fourth-order valence-electron chi connectivity index (χ4n) is 3.06. The number of aliphatic hydroxyl groups is 2. The van der Waals surface area contributed by atoms with Gasteiger partial charge < -0.3 is 53.8 Å². The average molecular weight is 533 g/mol. The Morgan fingerprint density at radius 1 is 0.892 bits per heavy atom. The number of carboxylic acids is 1. The highest BCUT2D eigenvalue weighted by atomic mass is 16.4. The predicted molar refractivity (Wildman–Crippen MR) is 133 cm³/mol. The predicted octanol–water partition coefficient (Wildman–Crippen LogP) is -4.56. The smallest absolute Gasteiger partial charge is 0.322 e. The molecule has 16 nitrogen and oxygen atoms in total. The maximum atomic E-state index is 12.9. The Labute approximate surface area is 214 Å². The van der Waals surface area contributed by atoms with E-state index in [2.05, 4.69) is 20.9 Å². The molecule has 0 heterocycles. The summed E-state index contributed by atoms with van der Waals surface area (Å²) in [4.78, 5) is 64.7. The van der Waals surface area contributed by atoms with Gasteiger partial charge in [-0.3, -0.25) is 29.0 Å². The van der Waals surface area contributed by atoms with Crippen LogP contribution >= 0.6 is 0 Å². The number of hydrogen-bond donors (Lipinski definition) is 10. The number of nitrogens with two attached hydrogens (primary N) is 3. The highest BCUT2D eigenvalue weighted by Gasteiger charge is 2.32. The van der Waals surface area contributed by atoms with Crippen LogP contribution in [0.25, 0.3) is 0 Å². The first-order valence-electron chi connectivity index (χ1n) is 11.7. The van der Waals surface area contributed by atoms with E-state index in [1.807, 2.05) is 19.2 Å². The van der Waals surface area contributed by atoms with Crippen LogP contribution < -0.4 is 38.5 Å². The molecule has 0 saturated heterocycles. The standard InChI is InChI=1S/C21H40N8O8/c1-10(2)7-12(22)17(34)28-14(9-30)19(36)27-13(5-4-6-25-21(23)24)18(35)29-16(11(3)31)20(37)26-8-15(32)33/h10-14,16,30-31H,4-9,22H2,1-3H3,(H,26,37)(H,27,36)(H,28,34)(H,29,35)(H,32,33)(H4,23,24,25)/t11-,12+,13+,14+,16+/m1/s1. The number of aliphatic hydroxyl groups excluding tert-OH is 2. The summed E-state index contributed by atoms with van der Waals surface area (Å²) in [5, 5.41) is 37.3. The number of nitrogens with one attached hydrogen (secondary N) is 4. The lowest BCUT2D eigenvalue weighted by molar-refractivity contribution is -0.139. The molecule has 0 aromatic rings. The second kappa shape index (κ2) is 17.0. The van der Waals surface area contributed by atoms with Crippen molar-refractivity contribution in [1.82, 2.24) is 21.3 Å². The molecule has 0 aromatic heterocycles. The molecule has 0 aliphatic heterocycles. The Kier molecular flexibility index (Phi) is 15.4. The zero-order valence-corrected chi connectivity index (χ0v) is 21.3. The molecule has 0 unspecified atom stereocenters. The third-order valence-corrected chi connectivity index (χ3v) is 4.93. The number of carbonyl (C=O) groups excluding carboxylic acids is 4. The first-order valence-corrected chi connectivity index (χ1v) is 11.7. The molecule has 16 heteroatoms. The quantitative estimate of drug-likeness (QED) is 0.0483. The van der Waals surface area contributed by atoms with Gasteiger partial charge in [-0.25, -0.2) is 0 Å². The lowest BCUT2D eigenvalue weighted by atomic mass is 10.0. The molecule has 0 aliphatic carbocycles. The summed E-state index contributed by atoms with van der Waals surface area (Å²) in [6.45, 7) is 3.49. The van der Waals surface area contributed by atoms with E-state index in [1.165, 1.54) is 6.92 Å². The van der Waals surface area contributed by atoms with E-state index in [9.17, 15) is 34.2 Å². The third-order valence-electron chi connectivity index (χ3n) is 4.93. The van der Waals surface area contributed by atoms with E-state index < -0.39 is 73.0 Å². The van der Waals surface area contributed by atoms with Crippen molar-refractivity contribution in [3.63, 3.8) is 0 Å². The van der Waals surface area contributed by atoms with Gasteiger partial charge in [-0.1, -0.05) is 13.8 Å². The van der Waals surface area contributed by atoms with Crippen LogP contribution in [0.15, 0.2) is 4.99 Å². The number of carboxylic acid groups (broad SMARTS) is 1. The number of aliphatic carboxylic acids is 1. The van der Waals surface area contributed by atoms with Gasteiger partial charge in [-0.2, -0.15) is 0 Å². The molecule has 0 radical (unpaired) electrons. The number of amides is 4. The van der Waals surface area contributed by atoms with E-state index in [0.29, 0.717) is 6.42 Å². The van der Waals surface area contributed by atoms with Crippen LogP contribution in [0.1, 0.15) is 40.0 Å². The highest BCUT2D eigenvalue weighted by molar-refractivity contribution is 5.95. The minimum absolute atomic E-state index is 0.0312. The Balaban J connectivity index is 5.55. The molecule has 0 aliphatic rings. The van der Waals surface area contributed by atoms with Crippen LogP contribution in [0.3, 0.4) is 0 Å². The van der Waals surface area contributed by atoms with E-state index in [1.54, 1.807) is 0 Å².